The van der Waals surface area contributed by atoms with Gasteiger partial charge in [-0.3, -0.25) is 14.3 Å². The Morgan fingerprint density at radius 2 is 2.18 bits per heavy atom. The van der Waals surface area contributed by atoms with Crippen molar-refractivity contribution in [1.82, 2.24) is 25.4 Å². The van der Waals surface area contributed by atoms with Crippen LogP contribution in [0.25, 0.3) is 0 Å². The smallest absolute Gasteiger partial charge is 0.343 e. The first-order valence-corrected chi connectivity index (χ1v) is 7.13. The van der Waals surface area contributed by atoms with E-state index in [1.54, 1.807) is 12.3 Å². The highest BCUT2D eigenvalue weighted by atomic mass is 16.5. The normalized spacial score (nSPS) is 14.8. The highest BCUT2D eigenvalue weighted by Gasteiger charge is 2.16. The van der Waals surface area contributed by atoms with Gasteiger partial charge in [0.25, 0.3) is 5.91 Å². The maximum absolute atomic E-state index is 12.1. The van der Waals surface area contributed by atoms with Gasteiger partial charge in [-0.05, 0) is 25.3 Å². The molecule has 0 atom stereocenters. The number of aromatic nitrogens is 4. The fraction of sp³-hybridized carbons (Fsp3) is 0.462. The summed E-state index contributed by atoms with van der Waals surface area (Å²) < 4.78 is 4.36. The van der Waals surface area contributed by atoms with E-state index in [1.165, 1.54) is 6.42 Å². The van der Waals surface area contributed by atoms with Crippen molar-refractivity contribution in [1.29, 1.82) is 0 Å². The van der Waals surface area contributed by atoms with Gasteiger partial charge in [0.2, 0.25) is 5.95 Å². The minimum atomic E-state index is -0.654. The zero-order valence-electron chi connectivity index (χ0n) is 11.9. The van der Waals surface area contributed by atoms with Crippen LogP contribution in [0.2, 0.25) is 0 Å². The summed E-state index contributed by atoms with van der Waals surface area (Å²) in [6.07, 6.45) is 5.01. The molecule has 22 heavy (non-hydrogen) atoms. The van der Waals surface area contributed by atoms with Gasteiger partial charge in [0.1, 0.15) is 5.69 Å². The SMILES string of the molecule is O=C(NCc1noc(=O)[nH]1)c1ccnc(N2CCCCC2)n1. The van der Waals surface area contributed by atoms with Crippen LogP contribution >= 0.6 is 0 Å². The van der Waals surface area contributed by atoms with Gasteiger partial charge in [-0.25, -0.2) is 14.8 Å². The molecule has 3 rings (SSSR count). The predicted octanol–water partition coefficient (Wildman–Crippen LogP) is 0.0732. The fourth-order valence-corrected chi connectivity index (χ4v) is 2.31. The van der Waals surface area contributed by atoms with E-state index in [0.29, 0.717) is 5.95 Å². The Morgan fingerprint density at radius 1 is 1.36 bits per heavy atom. The van der Waals surface area contributed by atoms with Gasteiger partial charge in [0.15, 0.2) is 5.82 Å². The highest BCUT2D eigenvalue weighted by Crippen LogP contribution is 2.15. The second-order valence-electron chi connectivity index (χ2n) is 5.01. The van der Waals surface area contributed by atoms with Crippen LogP contribution in [0, 0.1) is 0 Å². The van der Waals surface area contributed by atoms with Crippen molar-refractivity contribution < 1.29 is 9.32 Å². The molecule has 0 spiro atoms. The molecule has 1 saturated heterocycles. The van der Waals surface area contributed by atoms with Crippen molar-refractivity contribution in [3.63, 3.8) is 0 Å². The monoisotopic (exact) mass is 304 g/mol. The minimum Gasteiger partial charge on any atom is -0.343 e. The van der Waals surface area contributed by atoms with Gasteiger partial charge in [-0.2, -0.15) is 0 Å². The van der Waals surface area contributed by atoms with E-state index in [4.69, 9.17) is 0 Å². The van der Waals surface area contributed by atoms with Crippen LogP contribution in [0.5, 0.6) is 0 Å². The van der Waals surface area contributed by atoms with Crippen molar-refractivity contribution in [2.24, 2.45) is 0 Å². The molecule has 2 N–H and O–H groups in total. The summed E-state index contributed by atoms with van der Waals surface area (Å²) in [4.78, 5) is 35.9. The Balaban J connectivity index is 1.65. The largest absolute Gasteiger partial charge is 0.438 e. The molecule has 1 aliphatic heterocycles. The molecule has 0 aromatic carbocycles. The van der Waals surface area contributed by atoms with E-state index in [-0.39, 0.29) is 24.0 Å². The summed E-state index contributed by atoms with van der Waals surface area (Å²) in [7, 11) is 0. The quantitative estimate of drug-likeness (QED) is 0.821. The number of carbonyl (C=O) groups excluding carboxylic acids is 1. The minimum absolute atomic E-state index is 0.0631. The van der Waals surface area contributed by atoms with E-state index in [2.05, 4.69) is 34.8 Å². The molecule has 9 nitrogen and oxygen atoms in total. The van der Waals surface area contributed by atoms with Crippen molar-refractivity contribution in [3.8, 4) is 0 Å². The average molecular weight is 304 g/mol. The third-order valence-electron chi connectivity index (χ3n) is 3.42. The highest BCUT2D eigenvalue weighted by molar-refractivity contribution is 5.92. The molecule has 116 valence electrons. The number of nitrogens with zero attached hydrogens (tertiary/aromatic N) is 4. The first kappa shape index (κ1) is 14.2. The van der Waals surface area contributed by atoms with E-state index in [9.17, 15) is 9.59 Å². The van der Waals surface area contributed by atoms with E-state index in [1.807, 2.05) is 0 Å². The molecule has 9 heteroatoms. The molecule has 2 aromatic rings. The van der Waals surface area contributed by atoms with Crippen LogP contribution < -0.4 is 16.0 Å². The summed E-state index contributed by atoms with van der Waals surface area (Å²) in [5.74, 6) is -0.186. The first-order chi connectivity index (χ1) is 10.7. The van der Waals surface area contributed by atoms with Crippen LogP contribution in [0.3, 0.4) is 0 Å². The van der Waals surface area contributed by atoms with Gasteiger partial charge in [0.05, 0.1) is 6.54 Å². The molecule has 0 unspecified atom stereocenters. The molecule has 0 bridgehead atoms. The van der Waals surface area contributed by atoms with Gasteiger partial charge >= 0.3 is 5.76 Å². The third-order valence-corrected chi connectivity index (χ3v) is 3.42. The summed E-state index contributed by atoms with van der Waals surface area (Å²) in [5, 5.41) is 6.09. The van der Waals surface area contributed by atoms with Crippen LogP contribution in [-0.4, -0.2) is 39.1 Å². The molecule has 0 aliphatic carbocycles. The number of anilines is 1. The van der Waals surface area contributed by atoms with Crippen LogP contribution in [0.15, 0.2) is 21.6 Å². The fourth-order valence-electron chi connectivity index (χ4n) is 2.31. The molecule has 2 aromatic heterocycles. The number of hydrogen-bond donors (Lipinski definition) is 2. The number of carbonyl (C=O) groups is 1. The Hall–Kier alpha value is -2.71. The Kier molecular flexibility index (Phi) is 4.12. The van der Waals surface area contributed by atoms with E-state index < -0.39 is 5.76 Å². The third kappa shape index (κ3) is 3.30. The number of amides is 1. The lowest BCUT2D eigenvalue weighted by Gasteiger charge is -2.26. The lowest BCUT2D eigenvalue weighted by molar-refractivity contribution is 0.0944. The number of aromatic amines is 1. The lowest BCUT2D eigenvalue weighted by atomic mass is 10.1. The van der Waals surface area contributed by atoms with Crippen LogP contribution in [-0.2, 0) is 6.54 Å². The molecule has 0 saturated carbocycles. The number of hydrogen-bond acceptors (Lipinski definition) is 7. The van der Waals surface area contributed by atoms with E-state index in [0.717, 1.165) is 25.9 Å². The molecule has 3 heterocycles. The summed E-state index contributed by atoms with van der Waals surface area (Å²) in [5.41, 5.74) is 0.279. The molecule has 0 radical (unpaired) electrons. The summed E-state index contributed by atoms with van der Waals surface area (Å²) in [6.45, 7) is 1.88. The van der Waals surface area contributed by atoms with Gasteiger partial charge in [-0.15, -0.1) is 0 Å². The second-order valence-corrected chi connectivity index (χ2v) is 5.01. The number of H-pyrrole nitrogens is 1. The van der Waals surface area contributed by atoms with Gasteiger partial charge < -0.3 is 10.2 Å². The Bertz CT molecular complexity index is 704. The second kappa shape index (κ2) is 6.37. The average Bonchev–Trinajstić information content (AvgIpc) is 2.99. The van der Waals surface area contributed by atoms with Crippen molar-refractivity contribution >= 4 is 11.9 Å². The van der Waals surface area contributed by atoms with Crippen LogP contribution in [0.1, 0.15) is 35.6 Å². The topological polar surface area (TPSA) is 117 Å². The number of nitrogens with one attached hydrogen (secondary N) is 2. The summed E-state index contributed by atoms with van der Waals surface area (Å²) in [6, 6.07) is 1.55. The van der Waals surface area contributed by atoms with Gasteiger partial charge in [0, 0.05) is 19.3 Å². The van der Waals surface area contributed by atoms with E-state index >= 15 is 0 Å². The molecule has 1 fully saturated rings. The Labute approximate surface area is 125 Å². The lowest BCUT2D eigenvalue weighted by Crippen LogP contribution is -2.32. The zero-order valence-corrected chi connectivity index (χ0v) is 11.9. The first-order valence-electron chi connectivity index (χ1n) is 7.13. The molecule has 1 amide bonds. The molecular weight excluding hydrogens is 288 g/mol. The van der Waals surface area contributed by atoms with Crippen molar-refractivity contribution in [2.45, 2.75) is 25.8 Å². The van der Waals surface area contributed by atoms with Crippen molar-refractivity contribution in [3.05, 3.63) is 34.3 Å². The van der Waals surface area contributed by atoms with Crippen LogP contribution in [0.4, 0.5) is 5.95 Å². The standard InChI is InChI=1S/C13H16N6O3/c20-11(15-8-10-17-13(21)22-18-10)9-4-5-14-12(16-9)19-6-2-1-3-7-19/h4-5H,1-3,6-8H2,(H,15,20)(H,17,18,21). The maximum Gasteiger partial charge on any atom is 0.438 e. The number of rotatable bonds is 4. The molecular formula is C13H16N6O3. The zero-order chi connectivity index (χ0) is 15.4. The van der Waals surface area contributed by atoms with Gasteiger partial charge in [-0.1, -0.05) is 5.16 Å². The molecule has 1 aliphatic rings. The Morgan fingerprint density at radius 3 is 2.91 bits per heavy atom. The summed E-state index contributed by atoms with van der Waals surface area (Å²) >= 11 is 0. The predicted molar refractivity (Wildman–Crippen MR) is 76.4 cm³/mol. The maximum atomic E-state index is 12.1. The number of piperidine rings is 1. The van der Waals surface area contributed by atoms with Crippen molar-refractivity contribution in [2.75, 3.05) is 18.0 Å².